The molecule has 0 heterocycles. The highest BCUT2D eigenvalue weighted by Crippen LogP contribution is 2.39. The molecule has 2 amide bonds. The van der Waals surface area contributed by atoms with E-state index >= 15 is 0 Å². The molecule has 3 rings (SSSR count). The van der Waals surface area contributed by atoms with Gasteiger partial charge in [0.2, 0.25) is 11.7 Å². The molecule has 0 fully saturated rings. The third-order valence-corrected chi connectivity index (χ3v) is 5.16. The van der Waals surface area contributed by atoms with Crippen LogP contribution in [0.2, 0.25) is 0 Å². The van der Waals surface area contributed by atoms with Crippen LogP contribution < -0.4 is 25.1 Å². The van der Waals surface area contributed by atoms with Gasteiger partial charge in [0, 0.05) is 5.56 Å². The minimum absolute atomic E-state index is 0.221. The maximum atomic E-state index is 12.8. The molecule has 0 spiro atoms. The fraction of sp³-hybridized carbons (Fsp3) is 0.417. The molecule has 1 atom stereocenters. The summed E-state index contributed by atoms with van der Waals surface area (Å²) in [6.45, 7) is 6.83. The van der Waals surface area contributed by atoms with Crippen LogP contribution in [0.3, 0.4) is 0 Å². The molecule has 0 saturated carbocycles. The predicted octanol–water partition coefficient (Wildman–Crippen LogP) is 3.76. The highest BCUT2D eigenvalue weighted by atomic mass is 16.5. The molecule has 7 nitrogen and oxygen atoms in total. The lowest BCUT2D eigenvalue weighted by Crippen LogP contribution is -2.44. The Kier molecular flexibility index (Phi) is 7.76. The molecule has 0 radical (unpaired) electrons. The predicted molar refractivity (Wildman–Crippen MR) is 118 cm³/mol. The van der Waals surface area contributed by atoms with Crippen molar-refractivity contribution in [2.45, 2.75) is 46.0 Å². The number of hydrogen-bond acceptors (Lipinski definition) is 5. The molecule has 1 aliphatic rings. The van der Waals surface area contributed by atoms with E-state index in [1.807, 2.05) is 39.0 Å². The van der Waals surface area contributed by atoms with Crippen molar-refractivity contribution in [3.05, 3.63) is 53.1 Å². The summed E-state index contributed by atoms with van der Waals surface area (Å²) in [5, 5.41) is 0. The summed E-state index contributed by atoms with van der Waals surface area (Å²) in [6.07, 6.45) is 2.67. The Bertz CT molecular complexity index is 901. The molecule has 31 heavy (non-hydrogen) atoms. The number of amides is 2. The van der Waals surface area contributed by atoms with Crippen LogP contribution >= 0.6 is 0 Å². The van der Waals surface area contributed by atoms with Gasteiger partial charge in [-0.15, -0.1) is 0 Å². The molecule has 1 aliphatic carbocycles. The summed E-state index contributed by atoms with van der Waals surface area (Å²) in [7, 11) is 0. The van der Waals surface area contributed by atoms with Crippen LogP contribution in [0, 0.1) is 0 Å². The van der Waals surface area contributed by atoms with Crippen LogP contribution in [-0.2, 0) is 11.2 Å². The third-order valence-electron chi connectivity index (χ3n) is 5.16. The number of aryl methyl sites for hydroxylation is 1. The summed E-state index contributed by atoms with van der Waals surface area (Å²) in [5.74, 6) is 0.360. The summed E-state index contributed by atoms with van der Waals surface area (Å²) in [6, 6.07) is 11.1. The van der Waals surface area contributed by atoms with Crippen LogP contribution in [0.1, 0.15) is 61.0 Å². The van der Waals surface area contributed by atoms with Gasteiger partial charge in [0.05, 0.1) is 25.7 Å². The zero-order valence-electron chi connectivity index (χ0n) is 18.3. The van der Waals surface area contributed by atoms with Gasteiger partial charge in [-0.1, -0.05) is 24.3 Å². The molecule has 1 unspecified atom stereocenters. The molecule has 2 N–H and O–H groups in total. The van der Waals surface area contributed by atoms with Gasteiger partial charge in [0.25, 0.3) is 5.91 Å². The van der Waals surface area contributed by atoms with Gasteiger partial charge in [0.15, 0.2) is 11.5 Å². The monoisotopic (exact) mass is 426 g/mol. The van der Waals surface area contributed by atoms with Gasteiger partial charge in [-0.05, 0) is 63.3 Å². The van der Waals surface area contributed by atoms with E-state index in [-0.39, 0.29) is 11.8 Å². The van der Waals surface area contributed by atoms with Crippen molar-refractivity contribution < 1.29 is 23.8 Å². The van der Waals surface area contributed by atoms with E-state index in [9.17, 15) is 9.59 Å². The molecular formula is C24H30N2O5. The average Bonchev–Trinajstić information content (AvgIpc) is 2.79. The van der Waals surface area contributed by atoms with Crippen molar-refractivity contribution in [1.82, 2.24) is 10.9 Å². The van der Waals surface area contributed by atoms with E-state index in [2.05, 4.69) is 16.9 Å². The lowest BCUT2D eigenvalue weighted by atomic mass is 9.82. The third kappa shape index (κ3) is 5.29. The summed E-state index contributed by atoms with van der Waals surface area (Å²) >= 11 is 0. The summed E-state index contributed by atoms with van der Waals surface area (Å²) < 4.78 is 17.0. The van der Waals surface area contributed by atoms with E-state index in [0.29, 0.717) is 42.6 Å². The van der Waals surface area contributed by atoms with E-state index in [1.165, 1.54) is 5.56 Å². The molecule has 166 valence electrons. The van der Waals surface area contributed by atoms with Gasteiger partial charge >= 0.3 is 0 Å². The van der Waals surface area contributed by atoms with Crippen LogP contribution in [0.5, 0.6) is 17.2 Å². The Morgan fingerprint density at radius 1 is 0.935 bits per heavy atom. The lowest BCUT2D eigenvalue weighted by Gasteiger charge is -2.24. The normalized spacial score (nSPS) is 14.9. The number of benzene rings is 2. The number of fused-ring (bicyclic) bond motifs is 1. The topological polar surface area (TPSA) is 85.9 Å². The van der Waals surface area contributed by atoms with E-state index in [4.69, 9.17) is 14.2 Å². The standard InChI is InChI=1S/C24H30N2O5/c1-4-29-20-14-17(15-21(30-5-2)22(20)31-6-3)23(27)25-26-24(28)19-13-9-11-16-10-7-8-12-18(16)19/h7-8,10,12,14-15,19H,4-6,9,11,13H2,1-3H3,(H,25,27)(H,26,28). The Labute approximate surface area is 183 Å². The zero-order chi connectivity index (χ0) is 22.2. The summed E-state index contributed by atoms with van der Waals surface area (Å²) in [5.41, 5.74) is 7.63. The lowest BCUT2D eigenvalue weighted by molar-refractivity contribution is -0.123. The first-order valence-electron chi connectivity index (χ1n) is 10.8. The number of carbonyl (C=O) groups is 2. The maximum absolute atomic E-state index is 12.8. The highest BCUT2D eigenvalue weighted by Gasteiger charge is 2.27. The molecule has 0 aliphatic heterocycles. The van der Waals surface area contributed by atoms with Crippen LogP contribution in [0.15, 0.2) is 36.4 Å². The van der Waals surface area contributed by atoms with Gasteiger partial charge in [-0.2, -0.15) is 0 Å². The summed E-state index contributed by atoms with van der Waals surface area (Å²) in [4.78, 5) is 25.6. The first-order valence-corrected chi connectivity index (χ1v) is 10.8. The molecule has 2 aromatic carbocycles. The fourth-order valence-corrected chi connectivity index (χ4v) is 3.82. The van der Waals surface area contributed by atoms with Crippen LogP contribution in [-0.4, -0.2) is 31.6 Å². The number of hydrazine groups is 1. The second-order valence-electron chi connectivity index (χ2n) is 7.19. The van der Waals surface area contributed by atoms with E-state index < -0.39 is 5.91 Å². The van der Waals surface area contributed by atoms with Crippen molar-refractivity contribution >= 4 is 11.8 Å². The first-order chi connectivity index (χ1) is 15.1. The fourth-order valence-electron chi connectivity index (χ4n) is 3.82. The van der Waals surface area contributed by atoms with Crippen molar-refractivity contribution in [2.75, 3.05) is 19.8 Å². The number of carbonyl (C=O) groups excluding carboxylic acids is 2. The average molecular weight is 427 g/mol. The van der Waals surface area contributed by atoms with Crippen molar-refractivity contribution in [1.29, 1.82) is 0 Å². The first kappa shape index (κ1) is 22.5. The number of hydrogen-bond donors (Lipinski definition) is 2. The van der Waals surface area contributed by atoms with Gasteiger partial charge in [0.1, 0.15) is 0 Å². The second kappa shape index (κ2) is 10.7. The largest absolute Gasteiger partial charge is 0.490 e. The smallest absolute Gasteiger partial charge is 0.269 e. The van der Waals surface area contributed by atoms with E-state index in [0.717, 1.165) is 24.8 Å². The maximum Gasteiger partial charge on any atom is 0.269 e. The van der Waals surface area contributed by atoms with Crippen molar-refractivity contribution in [3.8, 4) is 17.2 Å². The minimum Gasteiger partial charge on any atom is -0.490 e. The Morgan fingerprint density at radius 3 is 2.23 bits per heavy atom. The van der Waals surface area contributed by atoms with Crippen LogP contribution in [0.4, 0.5) is 0 Å². The number of ether oxygens (including phenoxy) is 3. The molecule has 0 saturated heterocycles. The quantitative estimate of drug-likeness (QED) is 0.628. The molecule has 2 aromatic rings. The Morgan fingerprint density at radius 2 is 1.58 bits per heavy atom. The van der Waals surface area contributed by atoms with Crippen molar-refractivity contribution in [3.63, 3.8) is 0 Å². The molecule has 7 heteroatoms. The molecular weight excluding hydrogens is 396 g/mol. The number of rotatable bonds is 8. The van der Waals surface area contributed by atoms with Crippen LogP contribution in [0.25, 0.3) is 0 Å². The Hall–Kier alpha value is -3.22. The number of nitrogens with one attached hydrogen (secondary N) is 2. The van der Waals surface area contributed by atoms with Gasteiger partial charge in [-0.3, -0.25) is 20.4 Å². The zero-order valence-corrected chi connectivity index (χ0v) is 18.3. The SMILES string of the molecule is CCOc1cc(C(=O)NNC(=O)C2CCCc3ccccc32)cc(OCC)c1OCC. The Balaban J connectivity index is 1.75. The molecule has 0 aromatic heterocycles. The van der Waals surface area contributed by atoms with Crippen molar-refractivity contribution in [2.24, 2.45) is 0 Å². The van der Waals surface area contributed by atoms with Gasteiger partial charge < -0.3 is 14.2 Å². The second-order valence-corrected chi connectivity index (χ2v) is 7.19. The molecule has 0 bridgehead atoms. The minimum atomic E-state index is -0.456. The highest BCUT2D eigenvalue weighted by molar-refractivity contribution is 5.97. The van der Waals surface area contributed by atoms with E-state index in [1.54, 1.807) is 12.1 Å². The van der Waals surface area contributed by atoms with Gasteiger partial charge in [-0.25, -0.2) is 0 Å².